The van der Waals surface area contributed by atoms with Gasteiger partial charge >= 0.3 is 6.18 Å². The van der Waals surface area contributed by atoms with Crippen molar-refractivity contribution in [1.82, 2.24) is 0 Å². The van der Waals surface area contributed by atoms with Gasteiger partial charge in [0.15, 0.2) is 17.9 Å². The van der Waals surface area contributed by atoms with Crippen molar-refractivity contribution in [2.24, 2.45) is 17.8 Å². The first kappa shape index (κ1) is 26.7. The van der Waals surface area contributed by atoms with Crippen LogP contribution in [-0.4, -0.2) is 51.7 Å². The van der Waals surface area contributed by atoms with E-state index in [0.29, 0.717) is 5.54 Å². The highest BCUT2D eigenvalue weighted by Crippen LogP contribution is 2.56. The maximum Gasteiger partial charge on any atom is 0.430 e. The molecule has 5 rings (SSSR count). The quantitative estimate of drug-likeness (QED) is 0.376. The molecule has 192 valence electrons. The largest absolute Gasteiger partial charge is 0.542 e. The molecule has 1 heterocycles. The number of aliphatic carboxylic acids is 1. The van der Waals surface area contributed by atoms with Crippen LogP contribution in [0.2, 0.25) is 0 Å². The second-order valence-corrected chi connectivity index (χ2v) is 9.77. The number of hydrogen-bond donors (Lipinski definition) is 0. The summed E-state index contributed by atoms with van der Waals surface area (Å²) in [5, 5.41) is 8.78. The van der Waals surface area contributed by atoms with Gasteiger partial charge in [-0.3, -0.25) is 0 Å². The van der Waals surface area contributed by atoms with E-state index in [1.807, 2.05) is 0 Å². The number of pyridine rings is 1. The lowest BCUT2D eigenvalue weighted by Crippen LogP contribution is -2.64. The van der Waals surface area contributed by atoms with Crippen molar-refractivity contribution in [3.05, 3.63) is 24.5 Å². The molecule has 0 atom stereocenters. The summed E-state index contributed by atoms with van der Waals surface area (Å²) in [6, 6.07) is 4.63. The van der Waals surface area contributed by atoms with Crippen molar-refractivity contribution in [1.29, 1.82) is 0 Å². The molecule has 0 unspecified atom stereocenters. The van der Waals surface area contributed by atoms with Crippen molar-refractivity contribution in [2.45, 2.75) is 64.1 Å². The van der Waals surface area contributed by atoms with Crippen LogP contribution in [0.25, 0.3) is 0 Å². The Labute approximate surface area is 200 Å². The molecule has 34 heavy (non-hydrogen) atoms. The molecule has 6 nitrogen and oxygen atoms in total. The van der Waals surface area contributed by atoms with Crippen LogP contribution in [0.5, 0.6) is 0 Å². The number of carboxylic acid groups (broad SMARTS) is 1. The fourth-order valence-corrected chi connectivity index (χ4v) is 6.33. The molecule has 4 saturated carbocycles. The number of anilines is 1. The molecular formula is C25H37F3N2O4. The van der Waals surface area contributed by atoms with E-state index in [1.165, 1.54) is 44.2 Å². The highest BCUT2D eigenvalue weighted by Gasteiger charge is 2.56. The van der Waals surface area contributed by atoms with Crippen LogP contribution in [0.1, 0.15) is 52.4 Å². The van der Waals surface area contributed by atoms with E-state index < -0.39 is 12.1 Å². The van der Waals surface area contributed by atoms with Crippen molar-refractivity contribution in [3.63, 3.8) is 0 Å². The van der Waals surface area contributed by atoms with Gasteiger partial charge in [-0.15, -0.1) is 0 Å². The van der Waals surface area contributed by atoms with Crippen LogP contribution in [0.15, 0.2) is 24.5 Å². The van der Waals surface area contributed by atoms with Gasteiger partial charge in [-0.2, -0.15) is 17.7 Å². The molecule has 0 aromatic carbocycles. The first-order chi connectivity index (χ1) is 16.2. The topological polar surface area (TPSA) is 65.7 Å². The van der Waals surface area contributed by atoms with Gasteiger partial charge in [0.05, 0.1) is 13.2 Å². The number of nitrogens with zero attached hydrogens (tertiary/aromatic N) is 2. The highest BCUT2D eigenvalue weighted by molar-refractivity contribution is 5.70. The Balaban J connectivity index is 0.000000406. The van der Waals surface area contributed by atoms with Crippen molar-refractivity contribution < 1.29 is 37.1 Å². The number of rotatable bonds is 10. The fraction of sp³-hybridized carbons (Fsp3) is 0.760. The minimum absolute atomic E-state index is 0.411. The van der Waals surface area contributed by atoms with Crippen molar-refractivity contribution in [2.75, 3.05) is 44.4 Å². The molecule has 0 radical (unpaired) electrons. The maximum atomic E-state index is 10.5. The Kier molecular flexibility index (Phi) is 9.20. The number of aromatic nitrogens is 1. The van der Waals surface area contributed by atoms with Gasteiger partial charge in [0.25, 0.3) is 0 Å². The van der Waals surface area contributed by atoms with Gasteiger partial charge in [-0.1, -0.05) is 0 Å². The zero-order chi connectivity index (χ0) is 24.8. The molecule has 4 bridgehead atoms. The van der Waals surface area contributed by atoms with Gasteiger partial charge in [0, 0.05) is 63.4 Å². The third kappa shape index (κ3) is 6.84. The van der Waals surface area contributed by atoms with E-state index in [2.05, 4.69) is 47.8 Å². The Morgan fingerprint density at radius 1 is 1.00 bits per heavy atom. The standard InChI is InChI=1S/C23H37N2O2.C2HF3O2/c1-3-26-11-9-24(10-12-27-4-2)22-5-7-25(8-6-22)23-16-19-13-20(17-23)15-21(14-19)18-23;3-2(4,5)1(6)7/h5-8,19-21H,3-4,9-18H2,1-2H3;(H,6,7)/q+1;/p-1. The molecule has 0 saturated heterocycles. The third-order valence-electron chi connectivity index (χ3n) is 7.38. The lowest BCUT2D eigenvalue weighted by Gasteiger charge is -2.53. The van der Waals surface area contributed by atoms with Crippen LogP contribution in [0.3, 0.4) is 0 Å². The molecule has 9 heteroatoms. The smallest absolute Gasteiger partial charge is 0.430 e. The maximum absolute atomic E-state index is 10.5. The summed E-state index contributed by atoms with van der Waals surface area (Å²) in [5.74, 6) is -0.0561. The molecule has 4 fully saturated rings. The van der Waals surface area contributed by atoms with E-state index in [4.69, 9.17) is 19.4 Å². The summed E-state index contributed by atoms with van der Waals surface area (Å²) in [6.45, 7) is 9.05. The lowest BCUT2D eigenvalue weighted by molar-refractivity contribution is -0.776. The van der Waals surface area contributed by atoms with Crippen LogP contribution >= 0.6 is 0 Å². The number of ether oxygens (including phenoxy) is 2. The Bertz CT molecular complexity index is 740. The highest BCUT2D eigenvalue weighted by atomic mass is 19.4. The zero-order valence-electron chi connectivity index (χ0n) is 20.2. The van der Waals surface area contributed by atoms with E-state index in [1.54, 1.807) is 0 Å². The summed E-state index contributed by atoms with van der Waals surface area (Å²) in [4.78, 5) is 11.2. The molecule has 4 aliphatic rings. The molecule has 0 spiro atoms. The van der Waals surface area contributed by atoms with Crippen molar-refractivity contribution >= 4 is 11.7 Å². The Morgan fingerprint density at radius 2 is 1.41 bits per heavy atom. The van der Waals surface area contributed by atoms with Crippen LogP contribution in [-0.2, 0) is 19.8 Å². The molecular weight excluding hydrogens is 449 g/mol. The first-order valence-corrected chi connectivity index (χ1v) is 12.4. The van der Waals surface area contributed by atoms with Gasteiger partial charge in [-0.25, -0.2) is 0 Å². The number of halogens is 3. The zero-order valence-corrected chi connectivity index (χ0v) is 20.2. The molecule has 1 aromatic rings. The third-order valence-corrected chi connectivity index (χ3v) is 7.38. The fourth-order valence-electron chi connectivity index (χ4n) is 6.33. The van der Waals surface area contributed by atoms with Crippen LogP contribution in [0.4, 0.5) is 18.9 Å². The number of alkyl halides is 3. The van der Waals surface area contributed by atoms with E-state index >= 15 is 0 Å². The second kappa shape index (κ2) is 11.7. The predicted octanol–water partition coefficient (Wildman–Crippen LogP) is 3.08. The summed E-state index contributed by atoms with van der Waals surface area (Å²) in [5.41, 5.74) is 1.70. The second-order valence-electron chi connectivity index (χ2n) is 9.77. The number of hydrogen-bond acceptors (Lipinski definition) is 5. The number of carbonyl (C=O) groups excluding carboxylic acids is 1. The molecule has 0 amide bonds. The summed E-state index contributed by atoms with van der Waals surface area (Å²) in [7, 11) is 0. The van der Waals surface area contributed by atoms with Gasteiger partial charge in [0.1, 0.15) is 5.97 Å². The number of carboxylic acids is 1. The average Bonchev–Trinajstić information content (AvgIpc) is 2.77. The SMILES string of the molecule is CCOCCN(CCOCC)c1cc[n+](C23CC4CC(CC(C4)C2)C3)cc1.O=C([O-])C(F)(F)F. The monoisotopic (exact) mass is 486 g/mol. The molecule has 0 N–H and O–H groups in total. The molecule has 1 aromatic heterocycles. The summed E-state index contributed by atoms with van der Waals surface area (Å²) in [6.07, 6.45) is 8.24. The van der Waals surface area contributed by atoms with Gasteiger partial charge in [0.2, 0.25) is 0 Å². The average molecular weight is 487 g/mol. The van der Waals surface area contributed by atoms with E-state index in [9.17, 15) is 13.2 Å². The Morgan fingerprint density at radius 3 is 1.76 bits per heavy atom. The summed E-state index contributed by atoms with van der Waals surface area (Å²) >= 11 is 0. The van der Waals surface area contributed by atoms with Crippen LogP contribution in [0, 0.1) is 17.8 Å². The van der Waals surface area contributed by atoms with E-state index in [0.717, 1.165) is 57.3 Å². The minimum atomic E-state index is -5.19. The van der Waals surface area contributed by atoms with Crippen LogP contribution < -0.4 is 14.6 Å². The molecule has 4 aliphatic carbocycles. The van der Waals surface area contributed by atoms with Crippen molar-refractivity contribution in [3.8, 4) is 0 Å². The minimum Gasteiger partial charge on any atom is -0.542 e. The predicted molar refractivity (Wildman–Crippen MR) is 119 cm³/mol. The summed E-state index contributed by atoms with van der Waals surface area (Å²) < 4.78 is 45.3. The Hall–Kier alpha value is -1.87. The van der Waals surface area contributed by atoms with Gasteiger partial charge < -0.3 is 24.3 Å². The normalized spacial score (nSPS) is 27.3. The van der Waals surface area contributed by atoms with Gasteiger partial charge in [-0.05, 0) is 50.9 Å². The number of carbonyl (C=O) groups is 1. The first-order valence-electron chi connectivity index (χ1n) is 12.4. The van der Waals surface area contributed by atoms with E-state index in [-0.39, 0.29) is 0 Å². The molecule has 0 aliphatic heterocycles. The lowest BCUT2D eigenvalue weighted by atomic mass is 9.53.